The van der Waals surface area contributed by atoms with Crippen molar-refractivity contribution in [2.24, 2.45) is 5.41 Å². The second-order valence-electron chi connectivity index (χ2n) is 8.62. The molecule has 4 rings (SSSR count). The number of nitrogens with one attached hydrogen (secondary N) is 1. The molecule has 0 unspecified atom stereocenters. The van der Waals surface area contributed by atoms with Crippen LogP contribution in [0.3, 0.4) is 0 Å². The maximum absolute atomic E-state index is 13.3. The standard InChI is InChI=1S/C25H27N3O7S/c1-34-24(30)28(31)23(29)25(11-14-26-15-12-25)17-36(32,33)20-9-7-19(8-10-20)35-16-18-4-2-6-22-21(18)5-3-13-27-22/h2-10,13,26,31H,11-12,14-17H2,1H3. The van der Waals surface area contributed by atoms with Gasteiger partial charge in [-0.3, -0.25) is 15.0 Å². The van der Waals surface area contributed by atoms with Crippen molar-refractivity contribution in [3.05, 3.63) is 66.4 Å². The summed E-state index contributed by atoms with van der Waals surface area (Å²) in [5.74, 6) is -1.07. The molecule has 2 amide bonds. The monoisotopic (exact) mass is 513 g/mol. The first-order valence-corrected chi connectivity index (χ1v) is 13.0. The Kier molecular flexibility index (Phi) is 7.53. The smallest absolute Gasteiger partial charge is 0.441 e. The molecule has 0 aliphatic carbocycles. The largest absolute Gasteiger partial charge is 0.489 e. The van der Waals surface area contributed by atoms with Gasteiger partial charge in [-0.05, 0) is 67.9 Å². The molecule has 1 aliphatic rings. The van der Waals surface area contributed by atoms with E-state index < -0.39 is 33.0 Å². The Labute approximate surface area is 208 Å². The number of hydrogen-bond acceptors (Lipinski definition) is 9. The van der Waals surface area contributed by atoms with Gasteiger partial charge in [0.2, 0.25) is 0 Å². The lowest BCUT2D eigenvalue weighted by molar-refractivity contribution is -0.168. The summed E-state index contributed by atoms with van der Waals surface area (Å²) in [6.45, 7) is 1.01. The van der Waals surface area contributed by atoms with Crippen LogP contribution >= 0.6 is 0 Å². The Hall–Kier alpha value is -3.54. The van der Waals surface area contributed by atoms with E-state index in [-0.39, 0.29) is 29.4 Å². The first kappa shape index (κ1) is 25.5. The number of carbonyl (C=O) groups is 2. The number of aromatic nitrogens is 1. The average molecular weight is 514 g/mol. The van der Waals surface area contributed by atoms with Crippen LogP contribution in [0.25, 0.3) is 10.9 Å². The number of pyridine rings is 1. The van der Waals surface area contributed by atoms with Crippen molar-refractivity contribution < 1.29 is 32.7 Å². The van der Waals surface area contributed by atoms with Crippen molar-refractivity contribution in [1.29, 1.82) is 0 Å². The highest BCUT2D eigenvalue weighted by Crippen LogP contribution is 2.35. The third-order valence-electron chi connectivity index (χ3n) is 6.33. The molecule has 190 valence electrons. The van der Waals surface area contributed by atoms with Gasteiger partial charge in [-0.1, -0.05) is 18.2 Å². The molecular formula is C25H27N3O7S. The first-order chi connectivity index (χ1) is 17.3. The quantitative estimate of drug-likeness (QED) is 0.361. The molecule has 0 saturated carbocycles. The van der Waals surface area contributed by atoms with E-state index in [2.05, 4.69) is 15.0 Å². The number of sulfone groups is 1. The van der Waals surface area contributed by atoms with Gasteiger partial charge in [-0.2, -0.15) is 0 Å². The van der Waals surface area contributed by atoms with E-state index in [4.69, 9.17) is 4.74 Å². The number of carbonyl (C=O) groups excluding carboxylic acids is 2. The molecular weight excluding hydrogens is 486 g/mol. The molecule has 10 nitrogen and oxygen atoms in total. The molecule has 2 aromatic carbocycles. The molecule has 0 atom stereocenters. The summed E-state index contributed by atoms with van der Waals surface area (Å²) in [5.41, 5.74) is 0.336. The number of ether oxygens (including phenoxy) is 2. The SMILES string of the molecule is COC(=O)N(O)C(=O)C1(CS(=O)(=O)c2ccc(OCc3cccc4ncccc34)cc2)CCNCC1. The van der Waals surface area contributed by atoms with Crippen molar-refractivity contribution >= 4 is 32.7 Å². The van der Waals surface area contributed by atoms with E-state index in [1.54, 1.807) is 18.3 Å². The van der Waals surface area contributed by atoms with Crippen molar-refractivity contribution in [1.82, 2.24) is 15.4 Å². The molecule has 1 aromatic heterocycles. The van der Waals surface area contributed by atoms with Crippen LogP contribution in [0.15, 0.2) is 65.7 Å². The van der Waals surface area contributed by atoms with Crippen molar-refractivity contribution in [2.45, 2.75) is 24.3 Å². The number of hydroxylamine groups is 2. The van der Waals surface area contributed by atoms with E-state index in [1.807, 2.05) is 30.3 Å². The number of amides is 2. The third kappa shape index (κ3) is 5.32. The predicted molar refractivity (Wildman–Crippen MR) is 130 cm³/mol. The van der Waals surface area contributed by atoms with E-state index in [1.165, 1.54) is 12.1 Å². The molecule has 0 radical (unpaired) electrons. The van der Waals surface area contributed by atoms with Crippen molar-refractivity contribution in [2.75, 3.05) is 26.0 Å². The zero-order valence-electron chi connectivity index (χ0n) is 19.7. The average Bonchev–Trinajstić information content (AvgIpc) is 2.91. The normalized spacial score (nSPS) is 15.3. The summed E-state index contributed by atoms with van der Waals surface area (Å²) in [4.78, 5) is 29.0. The fraction of sp³-hybridized carbons (Fsp3) is 0.320. The van der Waals surface area contributed by atoms with E-state index >= 15 is 0 Å². The minimum atomic E-state index is -3.94. The number of piperidine rings is 1. The number of fused-ring (bicyclic) bond motifs is 1. The molecule has 2 heterocycles. The summed E-state index contributed by atoms with van der Waals surface area (Å²) in [6, 6.07) is 15.5. The number of benzene rings is 2. The summed E-state index contributed by atoms with van der Waals surface area (Å²) in [5, 5.41) is 13.9. The Morgan fingerprint density at radius 1 is 1.08 bits per heavy atom. The fourth-order valence-electron chi connectivity index (χ4n) is 4.36. The topological polar surface area (TPSA) is 135 Å². The highest BCUT2D eigenvalue weighted by atomic mass is 32.2. The summed E-state index contributed by atoms with van der Waals surface area (Å²) >= 11 is 0. The van der Waals surface area contributed by atoms with Gasteiger partial charge in [0.15, 0.2) is 9.84 Å². The molecule has 3 aromatic rings. The molecule has 1 saturated heterocycles. The minimum Gasteiger partial charge on any atom is -0.489 e. The minimum absolute atomic E-state index is 0.0116. The van der Waals surface area contributed by atoms with Crippen molar-refractivity contribution in [3.8, 4) is 5.75 Å². The van der Waals surface area contributed by atoms with Crippen LogP contribution in [0.5, 0.6) is 5.75 Å². The van der Waals surface area contributed by atoms with Crippen LogP contribution in [0.1, 0.15) is 18.4 Å². The second kappa shape index (κ2) is 10.6. The molecule has 0 bridgehead atoms. The highest BCUT2D eigenvalue weighted by Gasteiger charge is 2.47. The fourth-order valence-corrected chi connectivity index (χ4v) is 6.22. The summed E-state index contributed by atoms with van der Waals surface area (Å²) < 4.78 is 36.8. The van der Waals surface area contributed by atoms with Crippen LogP contribution in [0, 0.1) is 5.41 Å². The van der Waals surface area contributed by atoms with Gasteiger partial charge in [0.05, 0.1) is 28.7 Å². The molecule has 1 aliphatic heterocycles. The van der Waals surface area contributed by atoms with Crippen LogP contribution in [0.4, 0.5) is 4.79 Å². The number of nitrogens with zero attached hydrogens (tertiary/aromatic N) is 2. The number of methoxy groups -OCH3 is 1. The van der Waals surface area contributed by atoms with Gasteiger partial charge in [0, 0.05) is 11.6 Å². The van der Waals surface area contributed by atoms with Crippen molar-refractivity contribution in [3.63, 3.8) is 0 Å². The second-order valence-corrected chi connectivity index (χ2v) is 10.6. The number of rotatable bonds is 7. The lowest BCUT2D eigenvalue weighted by Gasteiger charge is -2.36. The van der Waals surface area contributed by atoms with Crippen LogP contribution in [-0.4, -0.2) is 61.6 Å². The molecule has 0 spiro atoms. The molecule has 11 heteroatoms. The third-order valence-corrected chi connectivity index (χ3v) is 8.26. The van der Waals surface area contributed by atoms with Gasteiger partial charge < -0.3 is 14.8 Å². The van der Waals surface area contributed by atoms with Gasteiger partial charge in [0.25, 0.3) is 5.91 Å². The first-order valence-electron chi connectivity index (χ1n) is 11.4. The number of hydrogen-bond donors (Lipinski definition) is 2. The summed E-state index contributed by atoms with van der Waals surface area (Å²) in [6.07, 6.45) is 0.737. The maximum Gasteiger partial charge on any atom is 0.441 e. The highest BCUT2D eigenvalue weighted by molar-refractivity contribution is 7.91. The van der Waals surface area contributed by atoms with Crippen LogP contribution in [-0.2, 0) is 26.0 Å². The molecule has 36 heavy (non-hydrogen) atoms. The predicted octanol–water partition coefficient (Wildman–Crippen LogP) is 2.94. The Morgan fingerprint density at radius 2 is 1.81 bits per heavy atom. The maximum atomic E-state index is 13.3. The van der Waals surface area contributed by atoms with Crippen LogP contribution < -0.4 is 10.1 Å². The van der Waals surface area contributed by atoms with Gasteiger partial charge in [0.1, 0.15) is 12.4 Å². The lowest BCUT2D eigenvalue weighted by Crippen LogP contribution is -2.53. The Morgan fingerprint density at radius 3 is 2.50 bits per heavy atom. The zero-order valence-corrected chi connectivity index (χ0v) is 20.5. The Bertz CT molecular complexity index is 1350. The molecule has 2 N–H and O–H groups in total. The van der Waals surface area contributed by atoms with E-state index in [0.29, 0.717) is 18.8 Å². The van der Waals surface area contributed by atoms with E-state index in [9.17, 15) is 23.2 Å². The summed E-state index contributed by atoms with van der Waals surface area (Å²) in [7, 11) is -2.92. The van der Waals surface area contributed by atoms with Gasteiger partial charge in [-0.25, -0.2) is 13.2 Å². The zero-order chi connectivity index (χ0) is 25.8. The lowest BCUT2D eigenvalue weighted by atomic mass is 9.80. The van der Waals surface area contributed by atoms with Crippen LogP contribution in [0.2, 0.25) is 0 Å². The van der Waals surface area contributed by atoms with Gasteiger partial charge in [-0.15, -0.1) is 5.06 Å². The molecule has 1 fully saturated rings. The Balaban J connectivity index is 1.50. The van der Waals surface area contributed by atoms with Gasteiger partial charge >= 0.3 is 6.09 Å². The number of imide groups is 1. The van der Waals surface area contributed by atoms with E-state index in [0.717, 1.165) is 23.6 Å².